The second kappa shape index (κ2) is 6.71. The summed E-state index contributed by atoms with van der Waals surface area (Å²) < 4.78 is 6.94. The molecule has 2 fully saturated rings. The number of likely N-dealkylation sites (N-methyl/N-ethyl adjacent to an activating group) is 1. The van der Waals surface area contributed by atoms with Gasteiger partial charge in [0.05, 0.1) is 11.7 Å². The Morgan fingerprint density at radius 2 is 1.92 bits per heavy atom. The second-order valence-electron chi connectivity index (χ2n) is 7.65. The number of rotatable bonds is 3. The summed E-state index contributed by atoms with van der Waals surface area (Å²) in [6.07, 6.45) is 2.44. The van der Waals surface area contributed by atoms with E-state index in [4.69, 9.17) is 4.74 Å². The Morgan fingerprint density at radius 1 is 1.20 bits per heavy atom. The van der Waals surface area contributed by atoms with Gasteiger partial charge in [-0.1, -0.05) is 18.2 Å². The normalized spacial score (nSPS) is 29.4. The van der Waals surface area contributed by atoms with Crippen LogP contribution in [0.3, 0.4) is 0 Å². The average molecular weight is 359 g/mol. The summed E-state index contributed by atoms with van der Waals surface area (Å²) in [7, 11) is 6.08. The number of carbonyl (C=O) groups excluding carboxylic acids is 1. The van der Waals surface area contributed by atoms with Crippen molar-refractivity contribution in [2.45, 2.75) is 25.0 Å². The number of thiophene rings is 1. The summed E-state index contributed by atoms with van der Waals surface area (Å²) in [5, 5.41) is 3.11. The lowest BCUT2D eigenvalue weighted by molar-refractivity contribution is -0.0209. The number of ether oxygens (including phenoxy) is 1. The molecule has 2 aliphatic rings. The molecule has 4 atom stereocenters. The van der Waals surface area contributed by atoms with Crippen molar-refractivity contribution in [1.29, 1.82) is 0 Å². The fourth-order valence-corrected chi connectivity index (χ4v) is 5.60. The van der Waals surface area contributed by atoms with Crippen molar-refractivity contribution >= 4 is 27.3 Å². The molecule has 4 rings (SSSR count). The zero-order valence-electron chi connectivity index (χ0n) is 15.1. The van der Waals surface area contributed by atoms with Gasteiger partial charge < -0.3 is 14.5 Å². The molecule has 0 bridgehead atoms. The Labute approximate surface area is 153 Å². The van der Waals surface area contributed by atoms with E-state index in [1.54, 1.807) is 11.3 Å². The summed E-state index contributed by atoms with van der Waals surface area (Å²) in [6, 6.07) is 8.64. The number of hydrogen-bond acceptors (Lipinski definition) is 4. The Hall–Kier alpha value is -1.43. The SMILES string of the molecule is CO[C@@H]1C[C@H]2CN(C(=O)c3csc4ccccc34)C[C@H]2C[C@H]1N(C)C. The molecule has 1 aliphatic carbocycles. The summed E-state index contributed by atoms with van der Waals surface area (Å²) in [5.74, 6) is 1.35. The van der Waals surface area contributed by atoms with E-state index < -0.39 is 0 Å². The number of benzene rings is 1. The summed E-state index contributed by atoms with van der Waals surface area (Å²) >= 11 is 1.66. The number of carbonyl (C=O) groups is 1. The van der Waals surface area contributed by atoms with E-state index in [2.05, 4.69) is 36.0 Å². The summed E-state index contributed by atoms with van der Waals surface area (Å²) in [6.45, 7) is 1.75. The van der Waals surface area contributed by atoms with Crippen LogP contribution in [-0.4, -0.2) is 62.1 Å². The quantitative estimate of drug-likeness (QED) is 0.844. The predicted octanol–water partition coefficient (Wildman–Crippen LogP) is 3.33. The molecule has 4 nitrogen and oxygen atoms in total. The van der Waals surface area contributed by atoms with Crippen LogP contribution in [-0.2, 0) is 4.74 Å². The summed E-state index contributed by atoms with van der Waals surface area (Å²) in [5.41, 5.74) is 0.867. The van der Waals surface area contributed by atoms with Gasteiger partial charge in [-0.15, -0.1) is 11.3 Å². The van der Waals surface area contributed by atoms with Crippen LogP contribution in [0.1, 0.15) is 23.2 Å². The minimum atomic E-state index is 0.196. The highest BCUT2D eigenvalue weighted by Gasteiger charge is 2.44. The monoisotopic (exact) mass is 358 g/mol. The van der Waals surface area contributed by atoms with Crippen molar-refractivity contribution in [3.8, 4) is 0 Å². The zero-order chi connectivity index (χ0) is 17.6. The minimum Gasteiger partial charge on any atom is -0.380 e. The molecule has 0 N–H and O–H groups in total. The van der Waals surface area contributed by atoms with Gasteiger partial charge in [0.25, 0.3) is 5.91 Å². The van der Waals surface area contributed by atoms with Crippen LogP contribution in [0.5, 0.6) is 0 Å². The maximum Gasteiger partial charge on any atom is 0.255 e. The van der Waals surface area contributed by atoms with Gasteiger partial charge in [0.2, 0.25) is 0 Å². The van der Waals surface area contributed by atoms with Gasteiger partial charge >= 0.3 is 0 Å². The molecule has 1 aromatic carbocycles. The van der Waals surface area contributed by atoms with E-state index in [0.717, 1.165) is 36.9 Å². The molecule has 0 radical (unpaired) electrons. The van der Waals surface area contributed by atoms with Crippen molar-refractivity contribution < 1.29 is 9.53 Å². The van der Waals surface area contributed by atoms with Crippen molar-refractivity contribution in [3.05, 3.63) is 35.2 Å². The molecule has 25 heavy (non-hydrogen) atoms. The number of likely N-dealkylation sites (tertiary alicyclic amines) is 1. The minimum absolute atomic E-state index is 0.196. The first-order valence-corrected chi connectivity index (χ1v) is 9.91. The smallest absolute Gasteiger partial charge is 0.255 e. The lowest BCUT2D eigenvalue weighted by Crippen LogP contribution is -2.47. The zero-order valence-corrected chi connectivity index (χ0v) is 16.0. The molecule has 1 saturated heterocycles. The largest absolute Gasteiger partial charge is 0.380 e. The fourth-order valence-electron chi connectivity index (χ4n) is 4.67. The first-order valence-electron chi connectivity index (χ1n) is 9.03. The number of hydrogen-bond donors (Lipinski definition) is 0. The van der Waals surface area contributed by atoms with Gasteiger partial charge in [-0.2, -0.15) is 0 Å². The van der Waals surface area contributed by atoms with Gasteiger partial charge in [0.1, 0.15) is 0 Å². The van der Waals surface area contributed by atoms with E-state index in [0.29, 0.717) is 17.9 Å². The fraction of sp³-hybridized carbons (Fsp3) is 0.550. The van der Waals surface area contributed by atoms with E-state index >= 15 is 0 Å². The first kappa shape index (κ1) is 17.0. The summed E-state index contributed by atoms with van der Waals surface area (Å²) in [4.78, 5) is 17.5. The maximum atomic E-state index is 13.1. The number of nitrogens with zero attached hydrogens (tertiary/aromatic N) is 2. The topological polar surface area (TPSA) is 32.8 Å². The van der Waals surface area contributed by atoms with E-state index in [1.807, 2.05) is 24.6 Å². The standard InChI is InChI=1S/C20H26N2O2S/c1-21(2)17-8-13-10-22(11-14(13)9-18(17)24-3)20(23)16-12-25-19-7-5-4-6-15(16)19/h4-7,12-14,17-18H,8-11H2,1-3H3/t13-,14+,17-,18-/m1/s1. The van der Waals surface area contributed by atoms with Gasteiger partial charge in [0, 0.05) is 41.7 Å². The Kier molecular flexibility index (Phi) is 4.56. The predicted molar refractivity (Wildman–Crippen MR) is 102 cm³/mol. The van der Waals surface area contributed by atoms with Crippen molar-refractivity contribution in [2.24, 2.45) is 11.8 Å². The van der Waals surface area contributed by atoms with E-state index in [1.165, 1.54) is 4.70 Å². The van der Waals surface area contributed by atoms with Gasteiger partial charge in [-0.05, 0) is 44.8 Å². The third-order valence-corrected chi connectivity index (χ3v) is 7.01. The van der Waals surface area contributed by atoms with Gasteiger partial charge in [-0.3, -0.25) is 4.79 Å². The second-order valence-corrected chi connectivity index (χ2v) is 8.56. The van der Waals surface area contributed by atoms with Crippen LogP contribution in [0.15, 0.2) is 29.6 Å². The lowest BCUT2D eigenvalue weighted by atomic mass is 9.77. The average Bonchev–Trinajstić information content (AvgIpc) is 3.23. The van der Waals surface area contributed by atoms with Crippen LogP contribution >= 0.6 is 11.3 Å². The van der Waals surface area contributed by atoms with Gasteiger partial charge in [0.15, 0.2) is 0 Å². The van der Waals surface area contributed by atoms with Crippen LogP contribution in [0.4, 0.5) is 0 Å². The molecule has 1 amide bonds. The molecule has 1 saturated carbocycles. The number of methoxy groups -OCH3 is 1. The van der Waals surface area contributed by atoms with E-state index in [-0.39, 0.29) is 12.0 Å². The molecule has 1 aromatic heterocycles. The van der Waals surface area contributed by atoms with Crippen LogP contribution < -0.4 is 0 Å². The third-order valence-electron chi connectivity index (χ3n) is 6.05. The molecule has 134 valence electrons. The maximum absolute atomic E-state index is 13.1. The Bertz CT molecular complexity index is 772. The lowest BCUT2D eigenvalue weighted by Gasteiger charge is -2.40. The van der Waals surface area contributed by atoms with Crippen LogP contribution in [0, 0.1) is 11.8 Å². The highest BCUT2D eigenvalue weighted by Crippen LogP contribution is 2.39. The highest BCUT2D eigenvalue weighted by atomic mass is 32.1. The molecule has 5 heteroatoms. The van der Waals surface area contributed by atoms with E-state index in [9.17, 15) is 4.79 Å². The third kappa shape index (κ3) is 2.98. The first-order chi connectivity index (χ1) is 12.1. The molecule has 0 unspecified atom stereocenters. The Morgan fingerprint density at radius 3 is 2.64 bits per heavy atom. The van der Waals surface area contributed by atoms with Crippen LogP contribution in [0.25, 0.3) is 10.1 Å². The van der Waals surface area contributed by atoms with Gasteiger partial charge in [-0.25, -0.2) is 0 Å². The van der Waals surface area contributed by atoms with Crippen molar-refractivity contribution in [2.75, 3.05) is 34.3 Å². The molecular formula is C20H26N2O2S. The number of amides is 1. The van der Waals surface area contributed by atoms with Crippen LogP contribution in [0.2, 0.25) is 0 Å². The molecule has 1 aliphatic heterocycles. The molecule has 0 spiro atoms. The van der Waals surface area contributed by atoms with Crippen molar-refractivity contribution in [1.82, 2.24) is 9.80 Å². The number of fused-ring (bicyclic) bond motifs is 2. The molecular weight excluding hydrogens is 332 g/mol. The Balaban J connectivity index is 1.53. The highest BCUT2D eigenvalue weighted by molar-refractivity contribution is 7.17. The molecule has 2 heterocycles. The van der Waals surface area contributed by atoms with Crippen molar-refractivity contribution in [3.63, 3.8) is 0 Å². The molecule has 2 aromatic rings.